The highest BCUT2D eigenvalue weighted by Gasteiger charge is 2.13. The van der Waals surface area contributed by atoms with E-state index in [1.54, 1.807) is 12.5 Å². The predicted molar refractivity (Wildman–Crippen MR) is 108 cm³/mol. The van der Waals surface area contributed by atoms with Crippen LogP contribution >= 0.6 is 11.8 Å². The van der Waals surface area contributed by atoms with Crippen LogP contribution in [0.1, 0.15) is 30.2 Å². The van der Waals surface area contributed by atoms with Crippen LogP contribution in [-0.4, -0.2) is 27.3 Å². The molecule has 1 aromatic carbocycles. The van der Waals surface area contributed by atoms with E-state index in [-0.39, 0.29) is 11.9 Å². The van der Waals surface area contributed by atoms with E-state index in [1.807, 2.05) is 29.8 Å². The lowest BCUT2D eigenvalue weighted by Crippen LogP contribution is -2.34. The molecule has 0 saturated carbocycles. The number of amides is 1. The van der Waals surface area contributed by atoms with Crippen molar-refractivity contribution in [3.05, 3.63) is 65.9 Å². The van der Waals surface area contributed by atoms with Crippen LogP contribution in [0.5, 0.6) is 0 Å². The minimum absolute atomic E-state index is 0.0162. The van der Waals surface area contributed by atoms with E-state index in [0.29, 0.717) is 5.75 Å². The van der Waals surface area contributed by atoms with Gasteiger partial charge in [-0.25, -0.2) is 4.98 Å². The highest BCUT2D eigenvalue weighted by molar-refractivity contribution is 7.99. The molecule has 2 heterocycles. The zero-order chi connectivity index (χ0) is 19.2. The molecule has 3 rings (SSSR count). The van der Waals surface area contributed by atoms with Crippen molar-refractivity contribution >= 4 is 17.7 Å². The molecule has 3 aromatic rings. The van der Waals surface area contributed by atoms with Crippen molar-refractivity contribution in [2.45, 2.75) is 44.8 Å². The molecule has 6 heteroatoms. The van der Waals surface area contributed by atoms with Crippen LogP contribution in [0.25, 0.3) is 5.69 Å². The molecule has 0 aliphatic carbocycles. The van der Waals surface area contributed by atoms with Gasteiger partial charge in [0.05, 0.1) is 17.7 Å². The van der Waals surface area contributed by atoms with Gasteiger partial charge >= 0.3 is 0 Å². The van der Waals surface area contributed by atoms with Crippen LogP contribution in [-0.2, 0) is 11.2 Å². The number of carbonyl (C=O) groups excluding carboxylic acids is 1. The summed E-state index contributed by atoms with van der Waals surface area (Å²) in [5, 5.41) is 3.87. The third-order valence-electron chi connectivity index (χ3n) is 4.37. The molecule has 1 amide bonds. The lowest BCUT2D eigenvalue weighted by molar-refractivity contribution is -0.119. The van der Waals surface area contributed by atoms with Gasteiger partial charge < -0.3 is 9.73 Å². The van der Waals surface area contributed by atoms with Gasteiger partial charge in [-0.05, 0) is 56.5 Å². The first-order valence-corrected chi connectivity index (χ1v) is 10.1. The Balaban J connectivity index is 1.53. The molecule has 0 aliphatic rings. The maximum Gasteiger partial charge on any atom is 0.230 e. The van der Waals surface area contributed by atoms with Gasteiger partial charge in [-0.2, -0.15) is 0 Å². The summed E-state index contributed by atoms with van der Waals surface area (Å²) in [6, 6.07) is 10.3. The molecule has 1 N–H and O–H groups in total. The molecule has 142 valence electrons. The Kier molecular flexibility index (Phi) is 6.40. The Morgan fingerprint density at radius 2 is 2.19 bits per heavy atom. The van der Waals surface area contributed by atoms with Gasteiger partial charge in [-0.15, -0.1) is 0 Å². The molecular formula is C21H25N3O2S. The first-order chi connectivity index (χ1) is 13.0. The number of imidazole rings is 1. The summed E-state index contributed by atoms with van der Waals surface area (Å²) in [5.74, 6) is 1.30. The Bertz CT molecular complexity index is 887. The van der Waals surface area contributed by atoms with Crippen molar-refractivity contribution in [3.63, 3.8) is 0 Å². The van der Waals surface area contributed by atoms with Gasteiger partial charge in [0.15, 0.2) is 5.16 Å². The standard InChI is InChI=1S/C21H25N3O2S/c1-15-6-7-16(2)19(13-15)24-11-10-22-21(24)27-14-20(25)23-17(3)8-9-18-5-4-12-26-18/h4-7,10-13,17H,8-9,14H2,1-3H3,(H,23,25). The van der Waals surface area contributed by atoms with E-state index < -0.39 is 0 Å². The summed E-state index contributed by atoms with van der Waals surface area (Å²) >= 11 is 1.45. The molecule has 0 aliphatic heterocycles. The van der Waals surface area contributed by atoms with Gasteiger partial charge in [0.2, 0.25) is 5.91 Å². The smallest absolute Gasteiger partial charge is 0.230 e. The molecule has 0 bridgehead atoms. The zero-order valence-corrected chi connectivity index (χ0v) is 16.8. The van der Waals surface area contributed by atoms with Gasteiger partial charge in [0, 0.05) is 24.9 Å². The summed E-state index contributed by atoms with van der Waals surface area (Å²) in [6.45, 7) is 6.17. The van der Waals surface area contributed by atoms with Crippen LogP contribution in [0.15, 0.2) is 58.6 Å². The molecule has 2 aromatic heterocycles. The van der Waals surface area contributed by atoms with Crippen molar-refractivity contribution < 1.29 is 9.21 Å². The number of aryl methyl sites for hydroxylation is 3. The van der Waals surface area contributed by atoms with E-state index in [1.165, 1.54) is 22.9 Å². The number of aromatic nitrogens is 2. The normalized spacial score (nSPS) is 12.1. The molecule has 27 heavy (non-hydrogen) atoms. The largest absolute Gasteiger partial charge is 0.469 e. The van der Waals surface area contributed by atoms with Gasteiger partial charge in [0.1, 0.15) is 5.76 Å². The monoisotopic (exact) mass is 383 g/mol. The van der Waals surface area contributed by atoms with Gasteiger partial charge in [0.25, 0.3) is 0 Å². The third kappa shape index (κ3) is 5.26. The first kappa shape index (κ1) is 19.3. The van der Waals surface area contributed by atoms with Crippen LogP contribution in [0.3, 0.4) is 0 Å². The quantitative estimate of drug-likeness (QED) is 0.589. The van der Waals surface area contributed by atoms with E-state index >= 15 is 0 Å². The minimum Gasteiger partial charge on any atom is -0.469 e. The number of benzene rings is 1. The SMILES string of the molecule is Cc1ccc(C)c(-n2ccnc2SCC(=O)NC(C)CCc2ccco2)c1. The predicted octanol–water partition coefficient (Wildman–Crippen LogP) is 4.31. The Hall–Kier alpha value is -2.47. The van der Waals surface area contributed by atoms with E-state index in [9.17, 15) is 4.79 Å². The Morgan fingerprint density at radius 3 is 2.96 bits per heavy atom. The molecular weight excluding hydrogens is 358 g/mol. The van der Waals surface area contributed by atoms with Crippen molar-refractivity contribution in [1.82, 2.24) is 14.9 Å². The summed E-state index contributed by atoms with van der Waals surface area (Å²) in [5.41, 5.74) is 3.47. The maximum absolute atomic E-state index is 12.3. The number of hydrogen-bond acceptors (Lipinski definition) is 4. The van der Waals surface area contributed by atoms with Crippen molar-refractivity contribution in [2.75, 3.05) is 5.75 Å². The fourth-order valence-electron chi connectivity index (χ4n) is 2.89. The van der Waals surface area contributed by atoms with E-state index in [0.717, 1.165) is 29.4 Å². The van der Waals surface area contributed by atoms with Crippen LogP contribution < -0.4 is 5.32 Å². The summed E-state index contributed by atoms with van der Waals surface area (Å²) in [4.78, 5) is 16.7. The molecule has 0 fully saturated rings. The molecule has 1 atom stereocenters. The molecule has 0 radical (unpaired) electrons. The summed E-state index contributed by atoms with van der Waals surface area (Å²) in [7, 11) is 0. The number of nitrogens with one attached hydrogen (secondary N) is 1. The number of carbonyl (C=O) groups is 1. The number of hydrogen-bond donors (Lipinski definition) is 1. The Morgan fingerprint density at radius 1 is 1.33 bits per heavy atom. The lowest BCUT2D eigenvalue weighted by Gasteiger charge is -2.14. The summed E-state index contributed by atoms with van der Waals surface area (Å²) in [6.07, 6.45) is 7.05. The number of thioether (sulfide) groups is 1. The maximum atomic E-state index is 12.3. The first-order valence-electron chi connectivity index (χ1n) is 9.08. The highest BCUT2D eigenvalue weighted by atomic mass is 32.2. The zero-order valence-electron chi connectivity index (χ0n) is 15.9. The molecule has 5 nitrogen and oxygen atoms in total. The van der Waals surface area contributed by atoms with Crippen LogP contribution in [0.4, 0.5) is 0 Å². The van der Waals surface area contributed by atoms with Gasteiger partial charge in [-0.3, -0.25) is 9.36 Å². The molecule has 1 unspecified atom stereocenters. The minimum atomic E-state index is 0.0162. The lowest BCUT2D eigenvalue weighted by atomic mass is 10.1. The molecule has 0 saturated heterocycles. The van der Waals surface area contributed by atoms with Crippen LogP contribution in [0.2, 0.25) is 0 Å². The van der Waals surface area contributed by atoms with Crippen molar-refractivity contribution in [2.24, 2.45) is 0 Å². The average Bonchev–Trinajstić information content (AvgIpc) is 3.32. The summed E-state index contributed by atoms with van der Waals surface area (Å²) < 4.78 is 7.37. The van der Waals surface area contributed by atoms with E-state index in [2.05, 4.69) is 42.3 Å². The van der Waals surface area contributed by atoms with Crippen molar-refractivity contribution in [3.8, 4) is 5.69 Å². The Labute approximate surface area is 164 Å². The van der Waals surface area contributed by atoms with Gasteiger partial charge in [-0.1, -0.05) is 23.9 Å². The highest BCUT2D eigenvalue weighted by Crippen LogP contribution is 2.23. The second-order valence-corrected chi connectivity index (χ2v) is 7.69. The number of nitrogens with zero attached hydrogens (tertiary/aromatic N) is 2. The average molecular weight is 384 g/mol. The fourth-order valence-corrected chi connectivity index (χ4v) is 3.67. The second kappa shape index (κ2) is 8.95. The fraction of sp³-hybridized carbons (Fsp3) is 0.333. The van der Waals surface area contributed by atoms with Crippen molar-refractivity contribution in [1.29, 1.82) is 0 Å². The van der Waals surface area contributed by atoms with Crippen LogP contribution in [0, 0.1) is 13.8 Å². The molecule has 0 spiro atoms. The topological polar surface area (TPSA) is 60.1 Å². The third-order valence-corrected chi connectivity index (χ3v) is 5.34. The number of rotatable bonds is 8. The number of furan rings is 1. The van der Waals surface area contributed by atoms with E-state index in [4.69, 9.17) is 4.42 Å². The second-order valence-electron chi connectivity index (χ2n) is 6.75.